The Labute approximate surface area is 106 Å². The van der Waals surface area contributed by atoms with Crippen LogP contribution in [-0.2, 0) is 4.79 Å². The van der Waals surface area contributed by atoms with Crippen molar-refractivity contribution in [2.45, 2.75) is 12.5 Å². The van der Waals surface area contributed by atoms with E-state index in [0.29, 0.717) is 5.56 Å². The fraction of sp³-hybridized carbons (Fsp3) is 0.182. The van der Waals surface area contributed by atoms with E-state index >= 15 is 0 Å². The molecule has 0 radical (unpaired) electrons. The summed E-state index contributed by atoms with van der Waals surface area (Å²) in [5.74, 6) is -1.05. The van der Waals surface area contributed by atoms with E-state index in [4.69, 9.17) is 5.11 Å². The number of aromatic hydroxyl groups is 1. The highest BCUT2D eigenvalue weighted by Gasteiger charge is 2.11. The third kappa shape index (κ3) is 3.82. The van der Waals surface area contributed by atoms with Gasteiger partial charge in [-0.05, 0) is 47.2 Å². The molecule has 0 unspecified atom stereocenters. The van der Waals surface area contributed by atoms with Gasteiger partial charge in [0.15, 0.2) is 0 Å². The number of phenols is 1. The minimum atomic E-state index is -1.06. The van der Waals surface area contributed by atoms with Crippen molar-refractivity contribution in [1.82, 2.24) is 0 Å². The monoisotopic (exact) mass is 334 g/mol. The Balaban J connectivity index is 2.76. The average Bonchev–Trinajstić information content (AvgIpc) is 2.21. The molecular formula is C11H11IO4. The van der Waals surface area contributed by atoms with E-state index in [0.717, 1.165) is 9.65 Å². The molecule has 0 fully saturated rings. The zero-order chi connectivity index (χ0) is 12.1. The first-order valence-corrected chi connectivity index (χ1v) is 5.64. The first kappa shape index (κ1) is 13.0. The van der Waals surface area contributed by atoms with Crippen LogP contribution in [0.2, 0.25) is 0 Å². The van der Waals surface area contributed by atoms with Gasteiger partial charge in [0.2, 0.25) is 0 Å². The minimum absolute atomic E-state index is 0.0108. The zero-order valence-corrected chi connectivity index (χ0v) is 10.5. The molecule has 0 saturated carbocycles. The Morgan fingerprint density at radius 2 is 2.19 bits per heavy atom. The van der Waals surface area contributed by atoms with E-state index in [2.05, 4.69) is 22.6 Å². The van der Waals surface area contributed by atoms with Gasteiger partial charge < -0.3 is 15.3 Å². The molecule has 1 aromatic rings. The molecule has 1 rings (SSSR count). The van der Waals surface area contributed by atoms with Crippen LogP contribution in [0.1, 0.15) is 18.1 Å². The van der Waals surface area contributed by atoms with Crippen LogP contribution >= 0.6 is 22.6 Å². The largest absolute Gasteiger partial charge is 0.508 e. The van der Waals surface area contributed by atoms with E-state index in [1.165, 1.54) is 12.1 Å². The number of aliphatic hydroxyl groups is 1. The summed E-state index contributed by atoms with van der Waals surface area (Å²) in [4.78, 5) is 10.2. The van der Waals surface area contributed by atoms with Gasteiger partial charge in [0.25, 0.3) is 0 Å². The van der Waals surface area contributed by atoms with Crippen molar-refractivity contribution in [3.05, 3.63) is 39.5 Å². The standard InChI is InChI=1S/C11H11IO4/c12-7-4-5-10(14)8(6-7)9(13)2-1-3-11(15)16/h1,3-6,9,13-14H,2H2,(H,15,16)/b3-1+/t9-/m1/s1. The lowest BCUT2D eigenvalue weighted by molar-refractivity contribution is -0.131. The van der Waals surface area contributed by atoms with Crippen molar-refractivity contribution in [3.8, 4) is 5.75 Å². The topological polar surface area (TPSA) is 77.8 Å². The summed E-state index contributed by atoms with van der Waals surface area (Å²) in [7, 11) is 0. The number of carboxylic acid groups (broad SMARTS) is 1. The van der Waals surface area contributed by atoms with E-state index in [1.54, 1.807) is 12.1 Å². The predicted octanol–water partition coefficient (Wildman–Crippen LogP) is 2.06. The quantitative estimate of drug-likeness (QED) is 0.582. The van der Waals surface area contributed by atoms with Gasteiger partial charge in [-0.15, -0.1) is 0 Å². The maximum absolute atomic E-state index is 10.2. The number of rotatable bonds is 4. The molecular weight excluding hydrogens is 323 g/mol. The molecule has 0 saturated heterocycles. The highest BCUT2D eigenvalue weighted by atomic mass is 127. The van der Waals surface area contributed by atoms with Gasteiger partial charge in [-0.3, -0.25) is 0 Å². The second-order valence-corrected chi connectivity index (χ2v) is 4.44. The van der Waals surface area contributed by atoms with Gasteiger partial charge >= 0.3 is 5.97 Å². The molecule has 0 bridgehead atoms. The number of phenolic OH excluding ortho intramolecular Hbond substituents is 1. The summed E-state index contributed by atoms with van der Waals surface area (Å²) in [5, 5.41) is 27.6. The molecule has 4 nitrogen and oxygen atoms in total. The van der Waals surface area contributed by atoms with Crippen LogP contribution in [0.3, 0.4) is 0 Å². The maximum Gasteiger partial charge on any atom is 0.327 e. The normalized spacial score (nSPS) is 12.9. The number of halogens is 1. The summed E-state index contributed by atoms with van der Waals surface area (Å²) < 4.78 is 0.895. The molecule has 0 aromatic heterocycles. The van der Waals surface area contributed by atoms with E-state index in [9.17, 15) is 15.0 Å². The van der Waals surface area contributed by atoms with Crippen LogP contribution in [0.25, 0.3) is 0 Å². The molecule has 1 atom stereocenters. The van der Waals surface area contributed by atoms with Gasteiger partial charge in [-0.2, -0.15) is 0 Å². The molecule has 0 aliphatic rings. The molecule has 86 valence electrons. The van der Waals surface area contributed by atoms with E-state index in [1.807, 2.05) is 0 Å². The van der Waals surface area contributed by atoms with Gasteiger partial charge in [-0.25, -0.2) is 4.79 Å². The average molecular weight is 334 g/mol. The van der Waals surface area contributed by atoms with Crippen molar-refractivity contribution in [3.63, 3.8) is 0 Å². The fourth-order valence-electron chi connectivity index (χ4n) is 1.22. The fourth-order valence-corrected chi connectivity index (χ4v) is 1.73. The smallest absolute Gasteiger partial charge is 0.327 e. The second-order valence-electron chi connectivity index (χ2n) is 3.20. The van der Waals surface area contributed by atoms with Crippen LogP contribution < -0.4 is 0 Å². The lowest BCUT2D eigenvalue weighted by Gasteiger charge is -2.10. The lowest BCUT2D eigenvalue weighted by atomic mass is 10.1. The SMILES string of the molecule is O=C(O)/C=C/C[C@@H](O)c1cc(I)ccc1O. The van der Waals surface area contributed by atoms with Crippen LogP contribution in [0.5, 0.6) is 5.75 Å². The minimum Gasteiger partial charge on any atom is -0.508 e. The number of hydrogen-bond acceptors (Lipinski definition) is 3. The third-order valence-corrected chi connectivity index (χ3v) is 2.64. The van der Waals surface area contributed by atoms with Crippen molar-refractivity contribution in [2.24, 2.45) is 0 Å². The first-order chi connectivity index (χ1) is 7.50. The number of aliphatic hydroxyl groups excluding tert-OH is 1. The molecule has 16 heavy (non-hydrogen) atoms. The Morgan fingerprint density at radius 3 is 2.81 bits per heavy atom. The number of carboxylic acids is 1. The zero-order valence-electron chi connectivity index (χ0n) is 8.30. The molecule has 0 aliphatic carbocycles. The van der Waals surface area contributed by atoms with Crippen LogP contribution in [0.4, 0.5) is 0 Å². The summed E-state index contributed by atoms with van der Waals surface area (Å²) in [6, 6.07) is 4.88. The second kappa shape index (κ2) is 5.86. The summed E-state index contributed by atoms with van der Waals surface area (Å²) >= 11 is 2.07. The van der Waals surface area contributed by atoms with Crippen molar-refractivity contribution in [2.75, 3.05) is 0 Å². The molecule has 1 aromatic carbocycles. The maximum atomic E-state index is 10.2. The Hall–Kier alpha value is -1.08. The molecule has 3 N–H and O–H groups in total. The summed E-state index contributed by atoms with van der Waals surface area (Å²) in [5.41, 5.74) is 0.405. The Bertz CT molecular complexity index is 414. The van der Waals surface area contributed by atoms with E-state index in [-0.39, 0.29) is 12.2 Å². The first-order valence-electron chi connectivity index (χ1n) is 4.56. The van der Waals surface area contributed by atoms with Crippen molar-refractivity contribution in [1.29, 1.82) is 0 Å². The summed E-state index contributed by atoms with van der Waals surface area (Å²) in [6.45, 7) is 0. The van der Waals surface area contributed by atoms with Crippen LogP contribution in [-0.4, -0.2) is 21.3 Å². The lowest BCUT2D eigenvalue weighted by Crippen LogP contribution is -1.97. The highest BCUT2D eigenvalue weighted by molar-refractivity contribution is 14.1. The molecule has 0 heterocycles. The van der Waals surface area contributed by atoms with Crippen molar-refractivity contribution < 1.29 is 20.1 Å². The Morgan fingerprint density at radius 1 is 1.50 bits per heavy atom. The molecule has 0 spiro atoms. The van der Waals surface area contributed by atoms with Crippen LogP contribution in [0, 0.1) is 3.57 Å². The number of benzene rings is 1. The summed E-state index contributed by atoms with van der Waals surface area (Å²) in [6.07, 6.45) is 1.57. The van der Waals surface area contributed by atoms with Gasteiger partial charge in [-0.1, -0.05) is 6.08 Å². The van der Waals surface area contributed by atoms with Crippen molar-refractivity contribution >= 4 is 28.6 Å². The number of hydrogen-bond donors (Lipinski definition) is 3. The number of carbonyl (C=O) groups is 1. The molecule has 5 heteroatoms. The molecule has 0 amide bonds. The third-order valence-electron chi connectivity index (χ3n) is 1.97. The van der Waals surface area contributed by atoms with E-state index < -0.39 is 12.1 Å². The van der Waals surface area contributed by atoms with Gasteiger partial charge in [0.05, 0.1) is 6.10 Å². The van der Waals surface area contributed by atoms with Gasteiger partial charge in [0, 0.05) is 15.2 Å². The highest BCUT2D eigenvalue weighted by Crippen LogP contribution is 2.28. The molecule has 0 aliphatic heterocycles. The predicted molar refractivity (Wildman–Crippen MR) is 67.2 cm³/mol. The number of aliphatic carboxylic acids is 1. The Kier molecular flexibility index (Phi) is 4.75. The van der Waals surface area contributed by atoms with Crippen LogP contribution in [0.15, 0.2) is 30.4 Å². The van der Waals surface area contributed by atoms with Gasteiger partial charge in [0.1, 0.15) is 5.75 Å².